The molecule has 0 aromatic carbocycles. The van der Waals surface area contributed by atoms with Crippen LogP contribution in [0.3, 0.4) is 0 Å². The minimum absolute atomic E-state index is 0.0220. The van der Waals surface area contributed by atoms with Crippen LogP contribution in [0.4, 0.5) is 0 Å². The molecular weight excluding hydrogens is 388 g/mol. The van der Waals surface area contributed by atoms with E-state index in [0.717, 1.165) is 30.8 Å². The fourth-order valence-electron chi connectivity index (χ4n) is 4.51. The van der Waals surface area contributed by atoms with Crippen molar-refractivity contribution in [3.63, 3.8) is 0 Å². The van der Waals surface area contributed by atoms with Crippen molar-refractivity contribution < 1.29 is 24.2 Å². The van der Waals surface area contributed by atoms with Gasteiger partial charge in [0.25, 0.3) is 6.47 Å². The van der Waals surface area contributed by atoms with Crippen molar-refractivity contribution in [3.8, 4) is 0 Å². The van der Waals surface area contributed by atoms with Gasteiger partial charge >= 0.3 is 5.97 Å². The van der Waals surface area contributed by atoms with Crippen LogP contribution in [0, 0.1) is 19.3 Å². The molecule has 168 valence electrons. The number of hydrogen-bond donors (Lipinski definition) is 1. The summed E-state index contributed by atoms with van der Waals surface area (Å²) in [5, 5.41) is 11.3. The summed E-state index contributed by atoms with van der Waals surface area (Å²) < 4.78 is 7.47. The van der Waals surface area contributed by atoms with Crippen LogP contribution in [-0.4, -0.2) is 82.9 Å². The minimum Gasteiger partial charge on any atom is -0.483 e. The van der Waals surface area contributed by atoms with E-state index >= 15 is 0 Å². The highest BCUT2D eigenvalue weighted by molar-refractivity contribution is 5.81. The van der Waals surface area contributed by atoms with Crippen LogP contribution in [-0.2, 0) is 32.6 Å². The van der Waals surface area contributed by atoms with E-state index in [1.54, 1.807) is 0 Å². The zero-order valence-corrected chi connectivity index (χ0v) is 18.7. The van der Waals surface area contributed by atoms with Gasteiger partial charge in [0.05, 0.1) is 11.1 Å². The Balaban J connectivity index is 0.00000101. The van der Waals surface area contributed by atoms with Crippen molar-refractivity contribution in [1.82, 2.24) is 19.6 Å². The minimum atomic E-state index is -0.381. The fraction of sp³-hybridized carbons (Fsp3) is 0.714. The highest BCUT2D eigenvalue weighted by Gasteiger charge is 2.50. The van der Waals surface area contributed by atoms with Crippen LogP contribution < -0.4 is 0 Å². The zero-order chi connectivity index (χ0) is 22.5. The summed E-state index contributed by atoms with van der Waals surface area (Å²) in [6.45, 7) is 5.84. The fourth-order valence-corrected chi connectivity index (χ4v) is 4.51. The molecule has 0 aliphatic carbocycles. The van der Waals surface area contributed by atoms with E-state index in [0.29, 0.717) is 32.4 Å². The lowest BCUT2D eigenvalue weighted by Gasteiger charge is -2.36. The van der Waals surface area contributed by atoms with Crippen LogP contribution in [0.15, 0.2) is 0 Å². The summed E-state index contributed by atoms with van der Waals surface area (Å²) in [5.74, 6) is 0.103. The van der Waals surface area contributed by atoms with Crippen LogP contribution in [0.1, 0.15) is 42.6 Å². The number of piperidine rings is 1. The number of aryl methyl sites for hydroxylation is 2. The van der Waals surface area contributed by atoms with Crippen LogP contribution in [0.25, 0.3) is 0 Å². The number of carboxylic acid groups (broad SMARTS) is 1. The highest BCUT2D eigenvalue weighted by atomic mass is 16.6. The standard InChI is InChI=1S/C20H32N4O3.CH2O2/c1-14-17(15(2)23(5)21-14)6-7-18(25)24-10-8-20(9-11-24)12-16(13-22(3)4)27-19(20)26;2-1-3/h16H,6-13H2,1-5H3;1H,(H,2,3). The molecule has 0 radical (unpaired) electrons. The van der Waals surface area contributed by atoms with Gasteiger partial charge in [-0.1, -0.05) is 0 Å². The van der Waals surface area contributed by atoms with E-state index in [1.165, 1.54) is 5.56 Å². The first kappa shape index (κ1) is 23.9. The number of esters is 1. The molecule has 0 saturated carbocycles. The predicted octanol–water partition coefficient (Wildman–Crippen LogP) is 1.16. The van der Waals surface area contributed by atoms with Crippen molar-refractivity contribution in [2.24, 2.45) is 12.5 Å². The van der Waals surface area contributed by atoms with Gasteiger partial charge in [0.15, 0.2) is 0 Å². The molecule has 1 unspecified atom stereocenters. The third kappa shape index (κ3) is 5.38. The molecule has 2 saturated heterocycles. The number of amides is 1. The van der Waals surface area contributed by atoms with Gasteiger partial charge in [-0.15, -0.1) is 0 Å². The number of rotatable bonds is 5. The first-order valence-electron chi connectivity index (χ1n) is 10.3. The average Bonchev–Trinajstić information content (AvgIpc) is 3.09. The number of likely N-dealkylation sites (tertiary alicyclic amines) is 1. The second-order valence-corrected chi connectivity index (χ2v) is 8.53. The van der Waals surface area contributed by atoms with Crippen molar-refractivity contribution in [1.29, 1.82) is 0 Å². The van der Waals surface area contributed by atoms with Gasteiger partial charge in [-0.05, 0) is 52.8 Å². The molecule has 1 aromatic rings. The summed E-state index contributed by atoms with van der Waals surface area (Å²) in [6, 6.07) is 0. The van der Waals surface area contributed by atoms with Gasteiger partial charge in [0.2, 0.25) is 5.91 Å². The maximum Gasteiger partial charge on any atom is 0.312 e. The van der Waals surface area contributed by atoms with E-state index < -0.39 is 0 Å². The van der Waals surface area contributed by atoms with Gasteiger partial charge in [0.1, 0.15) is 6.10 Å². The highest BCUT2D eigenvalue weighted by Crippen LogP contribution is 2.43. The van der Waals surface area contributed by atoms with E-state index in [4.69, 9.17) is 14.6 Å². The molecule has 3 rings (SSSR count). The molecule has 3 heterocycles. The summed E-state index contributed by atoms with van der Waals surface area (Å²) in [4.78, 5) is 37.5. The molecule has 1 amide bonds. The number of carbonyl (C=O) groups excluding carboxylic acids is 2. The number of nitrogens with zero attached hydrogens (tertiary/aromatic N) is 4. The third-order valence-corrected chi connectivity index (χ3v) is 6.21. The Morgan fingerprint density at radius 2 is 1.93 bits per heavy atom. The summed E-state index contributed by atoms with van der Waals surface area (Å²) >= 11 is 0. The predicted molar refractivity (Wildman–Crippen MR) is 111 cm³/mol. The van der Waals surface area contributed by atoms with Crippen molar-refractivity contribution in [3.05, 3.63) is 17.0 Å². The molecule has 1 N–H and O–H groups in total. The monoisotopic (exact) mass is 422 g/mol. The largest absolute Gasteiger partial charge is 0.483 e. The van der Waals surface area contributed by atoms with E-state index in [2.05, 4.69) is 10.00 Å². The molecule has 9 nitrogen and oxygen atoms in total. The Hall–Kier alpha value is -2.42. The van der Waals surface area contributed by atoms with E-state index in [1.807, 2.05) is 44.6 Å². The molecule has 30 heavy (non-hydrogen) atoms. The quantitative estimate of drug-likeness (QED) is 0.561. The van der Waals surface area contributed by atoms with Crippen LogP contribution in [0.2, 0.25) is 0 Å². The maximum absolute atomic E-state index is 12.7. The second-order valence-electron chi connectivity index (χ2n) is 8.53. The van der Waals surface area contributed by atoms with Crippen LogP contribution >= 0.6 is 0 Å². The Bertz CT molecular complexity index is 766. The maximum atomic E-state index is 12.7. The number of carbonyl (C=O) groups is 3. The first-order chi connectivity index (χ1) is 14.1. The van der Waals surface area contributed by atoms with Gasteiger partial charge in [-0.25, -0.2) is 0 Å². The van der Waals surface area contributed by atoms with Gasteiger partial charge in [-0.2, -0.15) is 5.10 Å². The summed E-state index contributed by atoms with van der Waals surface area (Å²) in [7, 11) is 5.92. The molecular formula is C21H34N4O5. The van der Waals surface area contributed by atoms with Crippen molar-refractivity contribution >= 4 is 18.3 Å². The van der Waals surface area contributed by atoms with E-state index in [9.17, 15) is 9.59 Å². The van der Waals surface area contributed by atoms with Crippen LogP contribution in [0.5, 0.6) is 0 Å². The first-order valence-corrected chi connectivity index (χ1v) is 10.3. The smallest absolute Gasteiger partial charge is 0.312 e. The Morgan fingerprint density at radius 3 is 2.43 bits per heavy atom. The average molecular weight is 423 g/mol. The Morgan fingerprint density at radius 1 is 1.33 bits per heavy atom. The number of likely N-dealkylation sites (N-methyl/N-ethyl adjacent to an activating group) is 1. The molecule has 1 atom stereocenters. The SMILES string of the molecule is Cc1nn(C)c(C)c1CCC(=O)N1CCC2(CC1)CC(CN(C)C)OC2=O.O=CO. The van der Waals surface area contributed by atoms with Crippen molar-refractivity contribution in [2.45, 2.75) is 52.1 Å². The molecule has 2 fully saturated rings. The molecule has 1 spiro atoms. The van der Waals surface area contributed by atoms with Gasteiger partial charge in [0, 0.05) is 45.2 Å². The molecule has 2 aliphatic heterocycles. The topological polar surface area (TPSA) is 105 Å². The van der Waals surface area contributed by atoms with Crippen molar-refractivity contribution in [2.75, 3.05) is 33.7 Å². The van der Waals surface area contributed by atoms with Gasteiger partial charge < -0.3 is 19.6 Å². The van der Waals surface area contributed by atoms with Gasteiger partial charge in [-0.3, -0.25) is 19.1 Å². The molecule has 9 heteroatoms. The number of hydrogen-bond acceptors (Lipinski definition) is 6. The zero-order valence-electron chi connectivity index (χ0n) is 18.7. The Labute approximate surface area is 178 Å². The van der Waals surface area contributed by atoms with E-state index in [-0.39, 0.29) is 29.9 Å². The lowest BCUT2D eigenvalue weighted by atomic mass is 9.76. The number of aromatic nitrogens is 2. The lowest BCUT2D eigenvalue weighted by Crippen LogP contribution is -2.45. The number of cyclic esters (lactones) is 1. The summed E-state index contributed by atoms with van der Waals surface area (Å²) in [5.41, 5.74) is 2.92. The second kappa shape index (κ2) is 10.1. The normalized spacial score (nSPS) is 20.1. The summed E-state index contributed by atoms with van der Waals surface area (Å²) in [6.07, 6.45) is 3.40. The molecule has 2 aliphatic rings. The third-order valence-electron chi connectivity index (χ3n) is 6.21. The Kier molecular flexibility index (Phi) is 8.00. The molecule has 0 bridgehead atoms. The lowest BCUT2D eigenvalue weighted by molar-refractivity contribution is -0.152. The molecule has 1 aromatic heterocycles. The number of ether oxygens (including phenoxy) is 1.